The van der Waals surface area contributed by atoms with Crippen molar-refractivity contribution in [3.8, 4) is 0 Å². The fraction of sp³-hybridized carbons (Fsp3) is 0. The number of hydrogen-bond acceptors (Lipinski definition) is 4. The summed E-state index contributed by atoms with van der Waals surface area (Å²) in [7, 11) is 0. The Morgan fingerprint density at radius 1 is 1.20 bits per heavy atom. The molecule has 0 aromatic carbocycles. The molecule has 0 bridgehead atoms. The maximum atomic E-state index is 7.81. The topological polar surface area (TPSA) is 92.5 Å². The van der Waals surface area contributed by atoms with Gasteiger partial charge in [0.1, 0.15) is 0 Å². The predicted octanol–water partition coefficient (Wildman–Crippen LogP) is -2.30. The van der Waals surface area contributed by atoms with Gasteiger partial charge in [0.15, 0.2) is 0 Å². The van der Waals surface area contributed by atoms with E-state index in [9.17, 15) is 0 Å². The summed E-state index contributed by atoms with van der Waals surface area (Å²) in [6.45, 7) is 0. The summed E-state index contributed by atoms with van der Waals surface area (Å²) >= 11 is -3.94. The summed E-state index contributed by atoms with van der Waals surface area (Å²) in [4.78, 5) is 0. The van der Waals surface area contributed by atoms with E-state index in [0.717, 1.165) is 0 Å². The van der Waals surface area contributed by atoms with E-state index in [1.54, 1.807) is 0 Å². The zero-order valence-electron chi connectivity index (χ0n) is 2.37. The predicted molar refractivity (Wildman–Crippen MR) is 12.8 cm³/mol. The Balaban J connectivity index is 3.02. The molecule has 0 atom stereocenters. The van der Waals surface area contributed by atoms with E-state index in [4.69, 9.17) is 7.52 Å². The molecule has 5 heavy (non-hydrogen) atoms. The molecule has 0 aliphatic heterocycles. The molecule has 0 radical (unpaired) electrons. The van der Waals surface area contributed by atoms with Crippen LogP contribution < -0.4 is 8.58 Å². The Kier molecular flexibility index (Phi) is 1.46. The van der Waals surface area contributed by atoms with Crippen LogP contribution in [0.2, 0.25) is 0 Å². The van der Waals surface area contributed by atoms with E-state index in [0.29, 0.717) is 0 Å². The second-order valence-electron chi connectivity index (χ2n) is 0.495. The molecule has 0 aromatic rings. The molecule has 0 amide bonds. The van der Waals surface area contributed by atoms with Gasteiger partial charge < -0.3 is 0 Å². The number of nitrogens with two attached hydrogens (primary N) is 2. The first-order chi connectivity index (χ1) is 2.00. The van der Waals surface area contributed by atoms with Crippen molar-refractivity contribution in [1.82, 2.24) is 0 Å². The second-order valence-corrected chi connectivity index (χ2v) is 4.05. The van der Waals surface area contributed by atoms with Crippen LogP contribution in [0.4, 0.5) is 0 Å². The average Bonchev–Trinajstić information content (AvgIpc) is 0.722. The van der Waals surface area contributed by atoms with Gasteiger partial charge in [-0.25, -0.2) is 0 Å². The summed E-state index contributed by atoms with van der Waals surface area (Å²) in [5.74, 6) is 0. The summed E-state index contributed by atoms with van der Waals surface area (Å²) in [6.07, 6.45) is 0. The molecule has 0 heterocycles. The van der Waals surface area contributed by atoms with Crippen LogP contribution in [-0.4, -0.2) is 7.52 Å². The third-order valence-corrected chi connectivity index (χ3v) is 0. The normalized spacial score (nSPS) is 15.2. The number of hydrogen-bond donors (Lipinski definition) is 4. The molecule has 0 unspecified atom stereocenters. The van der Waals surface area contributed by atoms with E-state index in [-0.39, 0.29) is 0 Å². The van der Waals surface area contributed by atoms with E-state index in [2.05, 4.69) is 8.58 Å². The van der Waals surface area contributed by atoms with Gasteiger partial charge >= 0.3 is 33.4 Å². The molecule has 0 fully saturated rings. The molecular formula is H6N2O2Pt. The van der Waals surface area contributed by atoms with Crippen molar-refractivity contribution >= 4 is 0 Å². The van der Waals surface area contributed by atoms with Gasteiger partial charge in [0, 0.05) is 0 Å². The first-order valence-corrected chi connectivity index (χ1v) is 5.30. The van der Waals surface area contributed by atoms with Crippen molar-refractivity contribution in [2.45, 2.75) is 0 Å². The van der Waals surface area contributed by atoms with Crippen molar-refractivity contribution in [1.29, 1.82) is 0 Å². The molecule has 0 aromatic heterocycles. The molecule has 0 saturated heterocycles. The Labute approximate surface area is 34.1 Å². The van der Waals surface area contributed by atoms with Gasteiger partial charge in [0.2, 0.25) is 0 Å². The third kappa shape index (κ3) is 104. The standard InChI is InChI=1S/2H2N.2H2O.Pt/h4*1H2;/q2*-1;;;+4/p-2. The van der Waals surface area contributed by atoms with E-state index in [1.807, 2.05) is 0 Å². The minimum absolute atomic E-state index is 3.94. The van der Waals surface area contributed by atoms with Gasteiger partial charge in [-0.1, -0.05) is 0 Å². The van der Waals surface area contributed by atoms with Crippen LogP contribution in [0.3, 0.4) is 0 Å². The molecule has 38 valence electrons. The van der Waals surface area contributed by atoms with E-state index < -0.39 is 17.3 Å². The third-order valence-electron chi connectivity index (χ3n) is 0. The molecule has 4 nitrogen and oxygen atoms in total. The van der Waals surface area contributed by atoms with Crippen LogP contribution in [0.5, 0.6) is 0 Å². The molecule has 6 N–H and O–H groups in total. The maximum absolute atomic E-state index is 7.81. The Morgan fingerprint density at radius 3 is 1.20 bits per heavy atom. The summed E-state index contributed by atoms with van der Waals surface area (Å²) in [5, 5.41) is 0. The van der Waals surface area contributed by atoms with Crippen LogP contribution in [-0.2, 0) is 17.3 Å². The van der Waals surface area contributed by atoms with Crippen molar-refractivity contribution in [3.05, 3.63) is 0 Å². The van der Waals surface area contributed by atoms with Crippen LogP contribution in [0.25, 0.3) is 0 Å². The van der Waals surface area contributed by atoms with E-state index in [1.165, 1.54) is 0 Å². The van der Waals surface area contributed by atoms with Crippen molar-refractivity contribution < 1.29 is 24.8 Å². The first kappa shape index (κ1) is 5.53. The van der Waals surface area contributed by atoms with Crippen LogP contribution in [0.15, 0.2) is 0 Å². The Hall–Kier alpha value is 0.528. The van der Waals surface area contributed by atoms with Crippen molar-refractivity contribution in [3.63, 3.8) is 0 Å². The van der Waals surface area contributed by atoms with Crippen LogP contribution in [0.1, 0.15) is 0 Å². The Morgan fingerprint density at radius 2 is 1.20 bits per heavy atom. The van der Waals surface area contributed by atoms with Gasteiger partial charge in [0.05, 0.1) is 0 Å². The van der Waals surface area contributed by atoms with Gasteiger partial charge in [-0.3, -0.25) is 0 Å². The van der Waals surface area contributed by atoms with E-state index >= 15 is 0 Å². The molecule has 0 spiro atoms. The quantitative estimate of drug-likeness (QED) is 0.394. The minimum atomic E-state index is -3.94. The first-order valence-electron chi connectivity index (χ1n) is 0.648. The molecule has 0 aliphatic rings. The average molecular weight is 261 g/mol. The van der Waals surface area contributed by atoms with Crippen molar-refractivity contribution in [2.24, 2.45) is 8.58 Å². The van der Waals surface area contributed by atoms with Gasteiger partial charge in [-0.15, -0.1) is 0 Å². The summed E-state index contributed by atoms with van der Waals surface area (Å²) < 4.78 is 24.5. The molecular weight excluding hydrogens is 255 g/mol. The zero-order valence-corrected chi connectivity index (χ0v) is 4.64. The fourth-order valence-electron chi connectivity index (χ4n) is 0. The van der Waals surface area contributed by atoms with Gasteiger partial charge in [-0.2, -0.15) is 0 Å². The molecule has 0 aliphatic carbocycles. The van der Waals surface area contributed by atoms with Gasteiger partial charge in [-0.05, 0) is 0 Å². The van der Waals surface area contributed by atoms with Crippen molar-refractivity contribution in [2.75, 3.05) is 0 Å². The summed E-state index contributed by atoms with van der Waals surface area (Å²) in [6, 6.07) is 0. The monoisotopic (exact) mass is 261 g/mol. The van der Waals surface area contributed by atoms with Gasteiger partial charge in [0.25, 0.3) is 0 Å². The summed E-state index contributed by atoms with van der Waals surface area (Å²) in [5.41, 5.74) is 0. The molecule has 0 saturated carbocycles. The zero-order chi connectivity index (χ0) is 4.50. The SMILES string of the molecule is [NH2][Pt]([NH2])([OH])[OH]. The number of rotatable bonds is 0. The Bertz CT molecular complexity index is 23.1. The second kappa shape index (κ2) is 1.32. The van der Waals surface area contributed by atoms with Crippen LogP contribution >= 0.6 is 0 Å². The molecule has 5 heteroatoms. The van der Waals surface area contributed by atoms with Crippen LogP contribution in [0, 0.1) is 0 Å². The molecule has 0 rings (SSSR count). The fourth-order valence-corrected chi connectivity index (χ4v) is 0.